The maximum atomic E-state index is 13.2. The fourth-order valence-corrected chi connectivity index (χ4v) is 4.97. The minimum absolute atomic E-state index is 0. The van der Waals surface area contributed by atoms with Gasteiger partial charge in [-0.2, -0.15) is 13.2 Å². The number of nitro groups is 1. The first-order chi connectivity index (χ1) is 17.6. The third-order valence-corrected chi connectivity index (χ3v) is 7.09. The van der Waals surface area contributed by atoms with Gasteiger partial charge in [0.15, 0.2) is 0 Å². The summed E-state index contributed by atoms with van der Waals surface area (Å²) in [6, 6.07) is 10.5. The summed E-state index contributed by atoms with van der Waals surface area (Å²) in [5.41, 5.74) is -0.968. The van der Waals surface area contributed by atoms with Crippen molar-refractivity contribution in [1.29, 1.82) is 0 Å². The van der Waals surface area contributed by atoms with Crippen LogP contribution in [0.1, 0.15) is 32.3 Å². The number of halogens is 4. The summed E-state index contributed by atoms with van der Waals surface area (Å²) in [6.45, 7) is 5.40. The molecule has 0 radical (unpaired) electrons. The third kappa shape index (κ3) is 7.50. The van der Waals surface area contributed by atoms with Gasteiger partial charge in [-0.05, 0) is 55.8 Å². The summed E-state index contributed by atoms with van der Waals surface area (Å²) in [6.07, 6.45) is -3.08. The molecule has 2 fully saturated rings. The molecule has 12 heteroatoms. The van der Waals surface area contributed by atoms with E-state index in [4.69, 9.17) is 11.6 Å². The van der Waals surface area contributed by atoms with Crippen LogP contribution in [-0.2, 0) is 11.0 Å². The van der Waals surface area contributed by atoms with Crippen molar-refractivity contribution >= 4 is 34.6 Å². The molecule has 4 rings (SSSR count). The molecule has 1 N–H and O–H groups in total. The predicted molar refractivity (Wildman–Crippen MR) is 143 cm³/mol. The Balaban J connectivity index is 0.00000400. The lowest BCUT2D eigenvalue weighted by Gasteiger charge is -2.36. The molecule has 0 bridgehead atoms. The van der Waals surface area contributed by atoms with Crippen LogP contribution >= 0.6 is 11.6 Å². The van der Waals surface area contributed by atoms with Crippen molar-refractivity contribution in [2.24, 2.45) is 0 Å². The van der Waals surface area contributed by atoms with Gasteiger partial charge in [-0.3, -0.25) is 19.8 Å². The minimum atomic E-state index is -4.83. The normalized spacial score (nSPS) is 18.3. The number of nitrogens with zero attached hydrogens (tertiary/aromatic N) is 4. The molecule has 0 aliphatic carbocycles. The van der Waals surface area contributed by atoms with E-state index in [2.05, 4.69) is 15.1 Å². The van der Waals surface area contributed by atoms with Gasteiger partial charge in [-0.1, -0.05) is 19.0 Å². The smallest absolute Gasteiger partial charge is 0.380 e. The van der Waals surface area contributed by atoms with Crippen molar-refractivity contribution < 1.29 is 22.9 Å². The minimum Gasteiger partial charge on any atom is -0.380 e. The number of amides is 1. The zero-order chi connectivity index (χ0) is 26.6. The highest BCUT2D eigenvalue weighted by molar-refractivity contribution is 6.30. The number of rotatable bonds is 8. The molecule has 2 heterocycles. The predicted octanol–water partition coefficient (Wildman–Crippen LogP) is 5.52. The topological polar surface area (TPSA) is 82.0 Å². The van der Waals surface area contributed by atoms with Gasteiger partial charge in [-0.25, -0.2) is 0 Å². The van der Waals surface area contributed by atoms with Crippen LogP contribution in [0.5, 0.6) is 0 Å². The molecule has 0 unspecified atom stereocenters. The highest BCUT2D eigenvalue weighted by atomic mass is 35.5. The number of piperazine rings is 1. The van der Waals surface area contributed by atoms with Gasteiger partial charge >= 0.3 is 6.18 Å². The average Bonchev–Trinajstić information content (AvgIpc) is 3.33. The number of nitro benzene ring substituents is 1. The number of carbonyl (C=O) groups excluding carboxylic acids is 1. The van der Waals surface area contributed by atoms with Crippen LogP contribution in [0.25, 0.3) is 0 Å². The molecule has 0 saturated carbocycles. The molecule has 2 aliphatic heterocycles. The van der Waals surface area contributed by atoms with Gasteiger partial charge in [0.25, 0.3) is 5.69 Å². The number of hydrogen-bond acceptors (Lipinski definition) is 6. The maximum absolute atomic E-state index is 13.2. The van der Waals surface area contributed by atoms with Crippen molar-refractivity contribution in [3.8, 4) is 0 Å². The summed E-state index contributed by atoms with van der Waals surface area (Å²) in [4.78, 5) is 29.0. The first-order valence-electron chi connectivity index (χ1n) is 12.2. The molecule has 2 aromatic carbocycles. The quantitative estimate of drug-likeness (QED) is 0.341. The van der Waals surface area contributed by atoms with E-state index in [0.29, 0.717) is 31.0 Å². The molecule has 2 aromatic rings. The summed E-state index contributed by atoms with van der Waals surface area (Å²) in [7, 11) is 0. The van der Waals surface area contributed by atoms with E-state index in [9.17, 15) is 28.1 Å². The molecule has 8 nitrogen and oxygen atoms in total. The van der Waals surface area contributed by atoms with Crippen LogP contribution in [0.15, 0.2) is 42.5 Å². The standard InChI is InChI=1S/C25H29ClF3N5O3.CH4/c26-18-3-6-21(7-4-18)32-14-12-31(13-15-32)10-1-2-24(35)33-11-9-20(17-33)30-19-5-8-23(34(36)37)22(16-19)25(27,28)29;/h3-8,16,20,30H,1-2,9-15,17H2;1H4/t20-;/m0./s1. The Bertz CT molecular complexity index is 1110. The molecule has 1 amide bonds. The number of nitrogens with one attached hydrogen (secondary N) is 1. The Hall–Kier alpha value is -3.05. The van der Waals surface area contributed by atoms with E-state index in [1.54, 1.807) is 4.90 Å². The van der Waals surface area contributed by atoms with Gasteiger partial charge in [0.1, 0.15) is 5.56 Å². The van der Waals surface area contributed by atoms with E-state index in [1.807, 2.05) is 24.3 Å². The molecule has 2 saturated heterocycles. The Morgan fingerprint density at radius 3 is 2.39 bits per heavy atom. The van der Waals surface area contributed by atoms with Gasteiger partial charge < -0.3 is 15.1 Å². The first-order valence-corrected chi connectivity index (χ1v) is 12.6. The maximum Gasteiger partial charge on any atom is 0.423 e. The number of likely N-dealkylation sites (tertiary alicyclic amines) is 1. The fraction of sp³-hybridized carbons (Fsp3) is 0.500. The fourth-order valence-electron chi connectivity index (χ4n) is 4.85. The average molecular weight is 556 g/mol. The van der Waals surface area contributed by atoms with Gasteiger partial charge in [0.05, 0.1) is 4.92 Å². The van der Waals surface area contributed by atoms with Crippen molar-refractivity contribution in [2.45, 2.75) is 38.9 Å². The van der Waals surface area contributed by atoms with Gasteiger partial charge in [-0.15, -0.1) is 0 Å². The van der Waals surface area contributed by atoms with Crippen molar-refractivity contribution in [3.05, 3.63) is 63.2 Å². The SMILES string of the molecule is C.O=C(CCCN1CCN(c2ccc(Cl)cc2)CC1)N1CC[C@H](Nc2ccc([N+](=O)[O-])c(C(F)(F)F)c2)C1. The number of alkyl halides is 3. The molecule has 1 atom stereocenters. The van der Waals surface area contributed by atoms with E-state index in [0.717, 1.165) is 57.0 Å². The van der Waals surface area contributed by atoms with Gasteiger partial charge in [0, 0.05) is 74.2 Å². The second-order valence-corrected chi connectivity index (χ2v) is 9.80. The summed E-state index contributed by atoms with van der Waals surface area (Å²) >= 11 is 5.96. The molecule has 208 valence electrons. The second kappa shape index (κ2) is 12.7. The zero-order valence-electron chi connectivity index (χ0n) is 20.2. The lowest BCUT2D eigenvalue weighted by atomic mass is 10.1. The van der Waals surface area contributed by atoms with E-state index in [-0.39, 0.29) is 25.1 Å². The lowest BCUT2D eigenvalue weighted by molar-refractivity contribution is -0.388. The lowest BCUT2D eigenvalue weighted by Crippen LogP contribution is -2.46. The largest absolute Gasteiger partial charge is 0.423 e. The van der Waals surface area contributed by atoms with Gasteiger partial charge in [0.2, 0.25) is 5.91 Å². The van der Waals surface area contributed by atoms with Crippen LogP contribution in [0, 0.1) is 10.1 Å². The van der Waals surface area contributed by atoms with E-state index in [1.165, 1.54) is 6.07 Å². The molecular weight excluding hydrogens is 523 g/mol. The monoisotopic (exact) mass is 555 g/mol. The van der Waals surface area contributed by atoms with Crippen LogP contribution < -0.4 is 10.2 Å². The molecule has 0 aromatic heterocycles. The first kappa shape index (κ1) is 29.5. The van der Waals surface area contributed by atoms with Crippen molar-refractivity contribution in [1.82, 2.24) is 9.80 Å². The Labute approximate surface area is 225 Å². The van der Waals surface area contributed by atoms with Crippen LogP contribution in [-0.4, -0.2) is 72.5 Å². The molecule has 38 heavy (non-hydrogen) atoms. The number of benzene rings is 2. The second-order valence-electron chi connectivity index (χ2n) is 9.37. The Kier molecular flexibility index (Phi) is 9.83. The summed E-state index contributed by atoms with van der Waals surface area (Å²) < 4.78 is 39.7. The zero-order valence-corrected chi connectivity index (χ0v) is 21.0. The van der Waals surface area contributed by atoms with Crippen LogP contribution in [0.4, 0.5) is 30.2 Å². The molecular formula is C26H33ClF3N5O3. The van der Waals surface area contributed by atoms with Crippen molar-refractivity contribution in [2.75, 3.05) is 56.0 Å². The van der Waals surface area contributed by atoms with Crippen LogP contribution in [0.3, 0.4) is 0 Å². The molecule has 0 spiro atoms. The summed E-state index contributed by atoms with van der Waals surface area (Å²) in [5, 5.41) is 14.7. The highest BCUT2D eigenvalue weighted by Gasteiger charge is 2.38. The Morgan fingerprint density at radius 2 is 1.76 bits per heavy atom. The van der Waals surface area contributed by atoms with E-state index >= 15 is 0 Å². The molecule has 2 aliphatic rings. The summed E-state index contributed by atoms with van der Waals surface area (Å²) in [5.74, 6) is 0.0313. The highest BCUT2D eigenvalue weighted by Crippen LogP contribution is 2.37. The van der Waals surface area contributed by atoms with E-state index < -0.39 is 22.4 Å². The number of anilines is 2. The third-order valence-electron chi connectivity index (χ3n) is 6.84. The number of carbonyl (C=O) groups is 1. The van der Waals surface area contributed by atoms with Crippen molar-refractivity contribution in [3.63, 3.8) is 0 Å². The Morgan fingerprint density at radius 1 is 1.08 bits per heavy atom. The van der Waals surface area contributed by atoms with Crippen LogP contribution in [0.2, 0.25) is 5.02 Å². The number of hydrogen-bond donors (Lipinski definition) is 1.